The molecule has 5 rings (SSSR count). The van der Waals surface area contributed by atoms with Crippen molar-refractivity contribution < 1.29 is 19.1 Å². The number of hydrogen-bond donors (Lipinski definition) is 1. The average Bonchev–Trinajstić information content (AvgIpc) is 3.36. The van der Waals surface area contributed by atoms with Crippen molar-refractivity contribution in [2.24, 2.45) is 5.92 Å². The van der Waals surface area contributed by atoms with Crippen LogP contribution in [0.25, 0.3) is 22.3 Å². The van der Waals surface area contributed by atoms with Gasteiger partial charge in [-0.3, -0.25) is 9.59 Å². The normalized spacial score (nSPS) is 18.7. The molecule has 1 atom stereocenters. The van der Waals surface area contributed by atoms with Crippen LogP contribution in [0.15, 0.2) is 30.7 Å². The monoisotopic (exact) mass is 462 g/mol. The summed E-state index contributed by atoms with van der Waals surface area (Å²) in [5.41, 5.74) is 3.01. The molecule has 3 aromatic rings. The van der Waals surface area contributed by atoms with Gasteiger partial charge in [-0.15, -0.1) is 0 Å². The fourth-order valence-electron chi connectivity index (χ4n) is 4.55. The summed E-state index contributed by atoms with van der Waals surface area (Å²) in [6.45, 7) is 2.67. The summed E-state index contributed by atoms with van der Waals surface area (Å²) in [6, 6.07) is 5.48. The molecule has 34 heavy (non-hydrogen) atoms. The van der Waals surface area contributed by atoms with Crippen LogP contribution in [0.3, 0.4) is 0 Å². The zero-order valence-corrected chi connectivity index (χ0v) is 18.9. The highest BCUT2D eigenvalue weighted by molar-refractivity contribution is 5.88. The predicted octanol–water partition coefficient (Wildman–Crippen LogP) is 2.35. The third kappa shape index (κ3) is 4.41. The van der Waals surface area contributed by atoms with Gasteiger partial charge < -0.3 is 19.7 Å². The van der Waals surface area contributed by atoms with Gasteiger partial charge in [0.1, 0.15) is 11.8 Å². The van der Waals surface area contributed by atoms with Crippen molar-refractivity contribution in [1.29, 1.82) is 0 Å². The van der Waals surface area contributed by atoms with Crippen LogP contribution < -0.4 is 10.1 Å². The van der Waals surface area contributed by atoms with E-state index in [9.17, 15) is 9.59 Å². The first kappa shape index (κ1) is 22.1. The maximum absolute atomic E-state index is 12.9. The number of rotatable bonds is 6. The minimum absolute atomic E-state index is 0.0611. The molecule has 5 heterocycles. The molecule has 0 bridgehead atoms. The zero-order valence-electron chi connectivity index (χ0n) is 18.9. The number of carbonyl (C=O) groups is 2. The van der Waals surface area contributed by atoms with E-state index >= 15 is 0 Å². The molecule has 10 nitrogen and oxygen atoms in total. The SMILES string of the molecule is COc1ncc(-c2ccc3ncnc(N[C@H]4CCN(C(=O)C5CCOCC5)C4)c3n2)cc1C=O. The van der Waals surface area contributed by atoms with E-state index in [1.165, 1.54) is 13.4 Å². The number of anilines is 1. The number of aldehydes is 1. The largest absolute Gasteiger partial charge is 0.480 e. The Morgan fingerprint density at radius 1 is 1.21 bits per heavy atom. The van der Waals surface area contributed by atoms with E-state index in [4.69, 9.17) is 14.5 Å². The number of ether oxygens (including phenoxy) is 2. The third-order valence-corrected chi connectivity index (χ3v) is 6.39. The minimum atomic E-state index is 0.0611. The lowest BCUT2D eigenvalue weighted by Crippen LogP contribution is -2.38. The Labute approximate surface area is 196 Å². The summed E-state index contributed by atoms with van der Waals surface area (Å²) < 4.78 is 10.5. The maximum atomic E-state index is 12.9. The number of fused-ring (bicyclic) bond motifs is 1. The zero-order chi connectivity index (χ0) is 23.5. The van der Waals surface area contributed by atoms with Crippen LogP contribution in [-0.2, 0) is 9.53 Å². The van der Waals surface area contributed by atoms with E-state index in [0.717, 1.165) is 25.8 Å². The van der Waals surface area contributed by atoms with Crippen LogP contribution in [0.2, 0.25) is 0 Å². The minimum Gasteiger partial charge on any atom is -0.480 e. The van der Waals surface area contributed by atoms with Crippen molar-refractivity contribution in [3.63, 3.8) is 0 Å². The third-order valence-electron chi connectivity index (χ3n) is 6.39. The summed E-state index contributed by atoms with van der Waals surface area (Å²) >= 11 is 0. The molecule has 2 fully saturated rings. The van der Waals surface area contributed by atoms with Gasteiger partial charge in [-0.05, 0) is 37.5 Å². The molecule has 2 saturated heterocycles. The first-order valence-corrected chi connectivity index (χ1v) is 11.4. The highest BCUT2D eigenvalue weighted by Crippen LogP contribution is 2.27. The number of nitrogens with one attached hydrogen (secondary N) is 1. The molecule has 0 saturated carbocycles. The Morgan fingerprint density at radius 2 is 2.06 bits per heavy atom. The van der Waals surface area contributed by atoms with Crippen molar-refractivity contribution in [3.8, 4) is 17.1 Å². The molecule has 0 spiro atoms. The highest BCUT2D eigenvalue weighted by atomic mass is 16.5. The van der Waals surface area contributed by atoms with Crippen LogP contribution in [0.5, 0.6) is 5.88 Å². The maximum Gasteiger partial charge on any atom is 0.225 e. The number of likely N-dealkylation sites (tertiary alicyclic amines) is 1. The fraction of sp³-hybridized carbons (Fsp3) is 0.417. The summed E-state index contributed by atoms with van der Waals surface area (Å²) in [5.74, 6) is 1.17. The molecular weight excluding hydrogens is 436 g/mol. The number of nitrogens with zero attached hydrogens (tertiary/aromatic N) is 5. The molecule has 2 aliphatic heterocycles. The van der Waals surface area contributed by atoms with Gasteiger partial charge in [0, 0.05) is 50.0 Å². The number of pyridine rings is 2. The highest BCUT2D eigenvalue weighted by Gasteiger charge is 2.32. The van der Waals surface area contributed by atoms with E-state index in [2.05, 4.69) is 20.3 Å². The Kier molecular flexibility index (Phi) is 6.31. The molecular formula is C24H26N6O4. The molecule has 0 aromatic carbocycles. The van der Waals surface area contributed by atoms with Gasteiger partial charge in [0.15, 0.2) is 12.1 Å². The van der Waals surface area contributed by atoms with E-state index in [1.807, 2.05) is 17.0 Å². The lowest BCUT2D eigenvalue weighted by atomic mass is 9.99. The number of carbonyl (C=O) groups excluding carboxylic acids is 2. The smallest absolute Gasteiger partial charge is 0.225 e. The molecule has 1 N–H and O–H groups in total. The number of amides is 1. The number of hydrogen-bond acceptors (Lipinski definition) is 9. The summed E-state index contributed by atoms with van der Waals surface area (Å²) in [5, 5.41) is 3.47. The van der Waals surface area contributed by atoms with Crippen LogP contribution in [0.4, 0.5) is 5.82 Å². The van der Waals surface area contributed by atoms with E-state index in [1.54, 1.807) is 12.3 Å². The van der Waals surface area contributed by atoms with Crippen molar-refractivity contribution in [3.05, 3.63) is 36.3 Å². The van der Waals surface area contributed by atoms with Crippen LogP contribution in [0.1, 0.15) is 29.6 Å². The second kappa shape index (κ2) is 9.68. The van der Waals surface area contributed by atoms with Crippen LogP contribution in [-0.4, -0.2) is 76.5 Å². The summed E-state index contributed by atoms with van der Waals surface area (Å²) in [6.07, 6.45) is 6.26. The molecule has 176 valence electrons. The molecule has 0 radical (unpaired) electrons. The van der Waals surface area contributed by atoms with Crippen molar-refractivity contribution in [2.75, 3.05) is 38.7 Å². The van der Waals surface area contributed by atoms with Crippen molar-refractivity contribution in [2.45, 2.75) is 25.3 Å². The molecule has 2 aliphatic rings. The molecule has 0 aliphatic carbocycles. The van der Waals surface area contributed by atoms with E-state index in [-0.39, 0.29) is 23.7 Å². The average molecular weight is 463 g/mol. The Hall–Kier alpha value is -3.66. The molecule has 0 unspecified atom stereocenters. The van der Waals surface area contributed by atoms with Gasteiger partial charge in [-0.1, -0.05) is 0 Å². The topological polar surface area (TPSA) is 119 Å². The quantitative estimate of drug-likeness (QED) is 0.551. The lowest BCUT2D eigenvalue weighted by Gasteiger charge is -2.26. The van der Waals surface area contributed by atoms with Gasteiger partial charge in [-0.25, -0.2) is 19.9 Å². The van der Waals surface area contributed by atoms with Gasteiger partial charge in [0.25, 0.3) is 0 Å². The Balaban J connectivity index is 1.36. The Bertz CT molecular complexity index is 1210. The molecule has 1 amide bonds. The fourth-order valence-corrected chi connectivity index (χ4v) is 4.55. The number of methoxy groups -OCH3 is 1. The summed E-state index contributed by atoms with van der Waals surface area (Å²) in [4.78, 5) is 44.0. The first-order valence-electron chi connectivity index (χ1n) is 11.4. The van der Waals surface area contributed by atoms with E-state index < -0.39 is 0 Å². The van der Waals surface area contributed by atoms with Crippen molar-refractivity contribution in [1.82, 2.24) is 24.8 Å². The van der Waals surface area contributed by atoms with Crippen LogP contribution >= 0.6 is 0 Å². The van der Waals surface area contributed by atoms with Gasteiger partial charge in [0.2, 0.25) is 11.8 Å². The van der Waals surface area contributed by atoms with Gasteiger partial charge in [0.05, 0.1) is 23.9 Å². The predicted molar refractivity (Wildman–Crippen MR) is 125 cm³/mol. The summed E-state index contributed by atoms with van der Waals surface area (Å²) in [7, 11) is 1.47. The second-order valence-corrected chi connectivity index (χ2v) is 8.53. The Morgan fingerprint density at radius 3 is 2.85 bits per heavy atom. The van der Waals surface area contributed by atoms with Crippen molar-refractivity contribution >= 4 is 29.0 Å². The number of aromatic nitrogens is 4. The molecule has 10 heteroatoms. The second-order valence-electron chi connectivity index (χ2n) is 8.53. The van der Waals surface area contributed by atoms with E-state index in [0.29, 0.717) is 59.7 Å². The lowest BCUT2D eigenvalue weighted by molar-refractivity contribution is -0.137. The van der Waals surface area contributed by atoms with Gasteiger partial charge in [-0.2, -0.15) is 0 Å². The van der Waals surface area contributed by atoms with Gasteiger partial charge >= 0.3 is 0 Å². The molecule has 3 aromatic heterocycles. The first-order chi connectivity index (χ1) is 16.7. The van der Waals surface area contributed by atoms with Crippen LogP contribution in [0, 0.1) is 5.92 Å². The standard InChI is InChI=1S/C24H26N6O4/c1-33-23-17(13-31)10-16(11-25-23)19-2-3-20-21(29-19)22(27-14-26-20)28-18-4-7-30(12-18)24(32)15-5-8-34-9-6-15/h2-3,10-11,13-15,18H,4-9,12H2,1H3,(H,26,27,28)/t18-/m0/s1.